The molecule has 0 unspecified atom stereocenters. The van der Waals surface area contributed by atoms with Crippen molar-refractivity contribution in [1.82, 2.24) is 0 Å². The average Bonchev–Trinajstić information content (AvgIpc) is 2.30. The molecule has 1 aromatic rings. The normalized spacial score (nSPS) is 21.1. The summed E-state index contributed by atoms with van der Waals surface area (Å²) in [6, 6.07) is 3.94. The molecule has 1 aromatic carbocycles. The van der Waals surface area contributed by atoms with Gasteiger partial charge < -0.3 is 14.7 Å². The van der Waals surface area contributed by atoms with Gasteiger partial charge in [-0.3, -0.25) is 0 Å². The van der Waals surface area contributed by atoms with Crippen LogP contribution in [0.3, 0.4) is 0 Å². The summed E-state index contributed by atoms with van der Waals surface area (Å²) in [6.45, 7) is 1.98. The maximum atomic E-state index is 8.88. The molecule has 0 spiro atoms. The Hall–Kier alpha value is -1.71. The quantitative estimate of drug-likeness (QED) is 0.647. The lowest BCUT2D eigenvalue weighted by Crippen LogP contribution is -2.24. The molecule has 1 fully saturated rings. The Labute approximate surface area is 101 Å². The van der Waals surface area contributed by atoms with Crippen LogP contribution in [0, 0.1) is 6.92 Å². The van der Waals surface area contributed by atoms with Gasteiger partial charge >= 0.3 is 0 Å². The van der Waals surface area contributed by atoms with E-state index in [4.69, 9.17) is 14.7 Å². The largest absolute Gasteiger partial charge is 0.496 e. The first-order valence-corrected chi connectivity index (χ1v) is 5.64. The Balaban J connectivity index is 2.44. The molecule has 4 heteroatoms. The Morgan fingerprint density at radius 3 is 2.41 bits per heavy atom. The molecule has 1 aliphatic rings. The topological polar surface area (TPSA) is 51.0 Å². The zero-order valence-corrected chi connectivity index (χ0v) is 10.4. The first-order chi connectivity index (χ1) is 8.21. The number of oxime groups is 1. The van der Waals surface area contributed by atoms with Gasteiger partial charge in [-0.25, -0.2) is 0 Å². The molecule has 4 nitrogen and oxygen atoms in total. The molecule has 2 rings (SSSR count). The molecule has 1 atom stereocenters. The van der Waals surface area contributed by atoms with Crippen LogP contribution >= 0.6 is 0 Å². The fourth-order valence-electron chi connectivity index (χ4n) is 2.22. The first-order valence-electron chi connectivity index (χ1n) is 5.64. The summed E-state index contributed by atoms with van der Waals surface area (Å²) >= 11 is 0. The predicted octanol–water partition coefficient (Wildman–Crippen LogP) is 2.72. The maximum Gasteiger partial charge on any atom is 0.123 e. The van der Waals surface area contributed by atoms with Crippen molar-refractivity contribution in [2.24, 2.45) is 5.16 Å². The zero-order valence-electron chi connectivity index (χ0n) is 10.4. The third kappa shape index (κ3) is 1.95. The molecule has 1 saturated carbocycles. The van der Waals surface area contributed by atoms with Crippen molar-refractivity contribution in [2.75, 3.05) is 14.2 Å². The van der Waals surface area contributed by atoms with Crippen LogP contribution in [0.25, 0.3) is 0 Å². The van der Waals surface area contributed by atoms with Gasteiger partial charge in [0.05, 0.1) is 19.9 Å². The second-order valence-corrected chi connectivity index (χ2v) is 4.25. The van der Waals surface area contributed by atoms with Gasteiger partial charge in [0.2, 0.25) is 0 Å². The van der Waals surface area contributed by atoms with Crippen molar-refractivity contribution in [2.45, 2.75) is 25.7 Å². The third-order valence-electron chi connectivity index (χ3n) is 3.34. The smallest absolute Gasteiger partial charge is 0.123 e. The minimum atomic E-state index is 0.157. The van der Waals surface area contributed by atoms with E-state index in [0.29, 0.717) is 0 Å². The van der Waals surface area contributed by atoms with Gasteiger partial charge in [-0.2, -0.15) is 0 Å². The lowest BCUT2D eigenvalue weighted by Gasteiger charge is -2.29. The molecule has 0 saturated heterocycles. The van der Waals surface area contributed by atoms with Crippen molar-refractivity contribution in [3.8, 4) is 11.5 Å². The summed E-state index contributed by atoms with van der Waals surface area (Å²) in [7, 11) is 3.31. The van der Waals surface area contributed by atoms with Gasteiger partial charge in [-0.15, -0.1) is 0 Å². The number of ether oxygens (including phenoxy) is 2. The van der Waals surface area contributed by atoms with Gasteiger partial charge in [0.15, 0.2) is 0 Å². The van der Waals surface area contributed by atoms with E-state index in [1.54, 1.807) is 14.2 Å². The second-order valence-electron chi connectivity index (χ2n) is 4.25. The Morgan fingerprint density at radius 1 is 1.24 bits per heavy atom. The maximum absolute atomic E-state index is 8.88. The minimum Gasteiger partial charge on any atom is -0.496 e. The fourth-order valence-corrected chi connectivity index (χ4v) is 2.22. The highest BCUT2D eigenvalue weighted by atomic mass is 16.5. The van der Waals surface area contributed by atoms with Crippen molar-refractivity contribution in [3.05, 3.63) is 23.3 Å². The van der Waals surface area contributed by atoms with Crippen LogP contribution < -0.4 is 9.47 Å². The second kappa shape index (κ2) is 4.65. The van der Waals surface area contributed by atoms with Crippen LogP contribution in [-0.4, -0.2) is 25.1 Å². The zero-order chi connectivity index (χ0) is 12.4. The predicted molar refractivity (Wildman–Crippen MR) is 65.5 cm³/mol. The van der Waals surface area contributed by atoms with Crippen LogP contribution in [0.2, 0.25) is 0 Å². The van der Waals surface area contributed by atoms with E-state index in [1.165, 1.54) is 0 Å². The lowest BCUT2D eigenvalue weighted by atomic mass is 9.77. The molecule has 0 aromatic heterocycles. The van der Waals surface area contributed by atoms with E-state index in [-0.39, 0.29) is 5.92 Å². The van der Waals surface area contributed by atoms with Crippen molar-refractivity contribution in [3.63, 3.8) is 0 Å². The number of methoxy groups -OCH3 is 2. The van der Waals surface area contributed by atoms with Gasteiger partial charge in [-0.1, -0.05) is 5.16 Å². The number of aryl methyl sites for hydroxylation is 1. The summed E-state index contributed by atoms with van der Waals surface area (Å²) in [4.78, 5) is 0. The highest BCUT2D eigenvalue weighted by Gasteiger charge is 2.31. The molecule has 17 heavy (non-hydrogen) atoms. The Morgan fingerprint density at radius 2 is 1.94 bits per heavy atom. The number of hydrogen-bond acceptors (Lipinski definition) is 4. The molecule has 1 aliphatic carbocycles. The molecule has 92 valence electrons. The van der Waals surface area contributed by atoms with E-state index in [0.717, 1.165) is 41.2 Å². The molecule has 0 amide bonds. The van der Waals surface area contributed by atoms with Gasteiger partial charge in [-0.05, 0) is 37.5 Å². The third-order valence-corrected chi connectivity index (χ3v) is 3.34. The molecular formula is C13H17NO3. The Kier molecular flexibility index (Phi) is 3.22. The number of benzene rings is 1. The Bertz CT molecular complexity index is 454. The summed E-state index contributed by atoms with van der Waals surface area (Å²) in [5, 5.41) is 12.2. The minimum absolute atomic E-state index is 0.157. The molecule has 0 heterocycles. The highest BCUT2D eigenvalue weighted by molar-refractivity contribution is 5.96. The summed E-state index contributed by atoms with van der Waals surface area (Å²) < 4.78 is 10.7. The lowest BCUT2D eigenvalue weighted by molar-refractivity contribution is 0.310. The van der Waals surface area contributed by atoms with E-state index >= 15 is 0 Å². The van der Waals surface area contributed by atoms with Crippen LogP contribution in [0.1, 0.15) is 29.9 Å². The fraction of sp³-hybridized carbons (Fsp3) is 0.462. The van der Waals surface area contributed by atoms with E-state index in [2.05, 4.69) is 5.16 Å². The van der Waals surface area contributed by atoms with E-state index < -0.39 is 0 Å². The first kappa shape index (κ1) is 11.8. The van der Waals surface area contributed by atoms with Crippen molar-refractivity contribution in [1.29, 1.82) is 0 Å². The average molecular weight is 235 g/mol. The molecule has 0 radical (unpaired) electrons. The number of hydrogen-bond donors (Lipinski definition) is 1. The SMILES string of the molecule is COc1cc([C@H]2CCC2=NO)c(OC)cc1C. The van der Waals surface area contributed by atoms with Gasteiger partial charge in [0.1, 0.15) is 11.5 Å². The van der Waals surface area contributed by atoms with E-state index in [1.807, 2.05) is 19.1 Å². The standard InChI is InChI=1S/C13H17NO3/c1-8-6-13(17-3)10(7-12(8)16-2)9-4-5-11(9)14-15/h6-7,9,15H,4-5H2,1-3H3/t9-/m1/s1. The van der Waals surface area contributed by atoms with Gasteiger partial charge in [0.25, 0.3) is 0 Å². The highest BCUT2D eigenvalue weighted by Crippen LogP contribution is 2.41. The summed E-state index contributed by atoms with van der Waals surface area (Å²) in [6.07, 6.45) is 1.84. The van der Waals surface area contributed by atoms with Crippen LogP contribution in [-0.2, 0) is 0 Å². The summed E-state index contributed by atoms with van der Waals surface area (Å²) in [5.41, 5.74) is 2.89. The molecule has 0 bridgehead atoms. The molecule has 1 N–H and O–H groups in total. The summed E-state index contributed by atoms with van der Waals surface area (Å²) in [5.74, 6) is 1.82. The van der Waals surface area contributed by atoms with Crippen molar-refractivity contribution >= 4 is 5.71 Å². The van der Waals surface area contributed by atoms with Crippen LogP contribution in [0.5, 0.6) is 11.5 Å². The van der Waals surface area contributed by atoms with Crippen molar-refractivity contribution < 1.29 is 14.7 Å². The van der Waals surface area contributed by atoms with Gasteiger partial charge in [0, 0.05) is 11.5 Å². The molecule has 0 aliphatic heterocycles. The van der Waals surface area contributed by atoms with E-state index in [9.17, 15) is 0 Å². The monoisotopic (exact) mass is 235 g/mol. The number of nitrogens with zero attached hydrogens (tertiary/aromatic N) is 1. The number of rotatable bonds is 3. The van der Waals surface area contributed by atoms with Crippen LogP contribution in [0.4, 0.5) is 0 Å². The molecular weight excluding hydrogens is 218 g/mol. The van der Waals surface area contributed by atoms with Crippen LogP contribution in [0.15, 0.2) is 17.3 Å².